The van der Waals surface area contributed by atoms with Gasteiger partial charge in [0.1, 0.15) is 6.10 Å². The zero-order valence-electron chi connectivity index (χ0n) is 13.7. The number of carbonyl (C=O) groups excluding carboxylic acids is 2. The van der Waals surface area contributed by atoms with Crippen LogP contribution in [0.15, 0.2) is 4.99 Å². The smallest absolute Gasteiger partial charge is 0.347 e. The second kappa shape index (κ2) is 9.55. The summed E-state index contributed by atoms with van der Waals surface area (Å²) in [5.41, 5.74) is 0. The van der Waals surface area contributed by atoms with E-state index >= 15 is 0 Å². The van der Waals surface area contributed by atoms with Crippen molar-refractivity contribution >= 4 is 30.0 Å². The molecular formula is C14H26N4O3S. The summed E-state index contributed by atoms with van der Waals surface area (Å²) in [5.74, 6) is 0. The molecule has 0 atom stereocenters. The Hall–Kier alpha value is -1.44. The number of nitrogens with zero attached hydrogens (tertiary/aromatic N) is 2. The molecule has 1 aliphatic carbocycles. The highest BCUT2D eigenvalue weighted by Gasteiger charge is 2.19. The minimum Gasteiger partial charge on any atom is -0.461 e. The molecule has 0 radical (unpaired) electrons. The van der Waals surface area contributed by atoms with Crippen molar-refractivity contribution in [3.05, 3.63) is 0 Å². The molecule has 0 bridgehead atoms. The van der Waals surface area contributed by atoms with Gasteiger partial charge in [-0.15, -0.1) is 4.99 Å². The SMILES string of the molecule is CC(C)SNC(=O)NC(=NC(=O)N(C)C)OC1CCCCC1. The largest absolute Gasteiger partial charge is 0.461 e. The molecule has 8 heteroatoms. The summed E-state index contributed by atoms with van der Waals surface area (Å²) in [6.45, 7) is 3.93. The van der Waals surface area contributed by atoms with E-state index in [0.717, 1.165) is 25.7 Å². The van der Waals surface area contributed by atoms with Crippen molar-refractivity contribution in [3.63, 3.8) is 0 Å². The Labute approximate surface area is 136 Å². The third-order valence-corrected chi connectivity index (χ3v) is 3.79. The highest BCUT2D eigenvalue weighted by atomic mass is 32.2. The molecule has 1 fully saturated rings. The summed E-state index contributed by atoms with van der Waals surface area (Å²) < 4.78 is 8.34. The van der Waals surface area contributed by atoms with E-state index in [4.69, 9.17) is 4.74 Å². The maximum atomic E-state index is 11.8. The van der Waals surface area contributed by atoms with Crippen molar-refractivity contribution in [1.82, 2.24) is 14.9 Å². The first kappa shape index (κ1) is 18.6. The van der Waals surface area contributed by atoms with Gasteiger partial charge in [0, 0.05) is 19.3 Å². The molecule has 7 nitrogen and oxygen atoms in total. The van der Waals surface area contributed by atoms with Crippen molar-refractivity contribution in [2.24, 2.45) is 4.99 Å². The fraction of sp³-hybridized carbons (Fsp3) is 0.786. The minimum atomic E-state index is -0.470. The molecular weight excluding hydrogens is 304 g/mol. The number of ether oxygens (including phenoxy) is 1. The second-order valence-electron chi connectivity index (χ2n) is 5.69. The van der Waals surface area contributed by atoms with Gasteiger partial charge >= 0.3 is 18.1 Å². The molecule has 2 N–H and O–H groups in total. The quantitative estimate of drug-likeness (QED) is 0.473. The number of amides is 4. The van der Waals surface area contributed by atoms with Crippen molar-refractivity contribution in [3.8, 4) is 0 Å². The Kier molecular flexibility index (Phi) is 8.08. The van der Waals surface area contributed by atoms with Gasteiger partial charge in [-0.2, -0.15) is 0 Å². The molecule has 0 aromatic heterocycles. The average molecular weight is 330 g/mol. The summed E-state index contributed by atoms with van der Waals surface area (Å²) in [6.07, 6.45) is 5.21. The van der Waals surface area contributed by atoms with Crippen LogP contribution >= 0.6 is 11.9 Å². The third kappa shape index (κ3) is 7.53. The number of carbonyl (C=O) groups is 2. The van der Waals surface area contributed by atoms with E-state index in [-0.39, 0.29) is 17.4 Å². The number of urea groups is 2. The number of nitrogens with one attached hydrogen (secondary N) is 2. The number of amidine groups is 1. The first-order valence-electron chi connectivity index (χ1n) is 7.57. The van der Waals surface area contributed by atoms with Gasteiger partial charge in [0.2, 0.25) is 0 Å². The van der Waals surface area contributed by atoms with Crippen molar-refractivity contribution in [2.45, 2.75) is 57.3 Å². The van der Waals surface area contributed by atoms with Gasteiger partial charge in [-0.05, 0) is 37.6 Å². The molecule has 0 unspecified atom stereocenters. The lowest BCUT2D eigenvalue weighted by atomic mass is 9.98. The zero-order valence-corrected chi connectivity index (χ0v) is 14.5. The highest BCUT2D eigenvalue weighted by molar-refractivity contribution is 7.98. The highest BCUT2D eigenvalue weighted by Crippen LogP contribution is 2.20. The predicted octanol–water partition coefficient (Wildman–Crippen LogP) is 2.73. The van der Waals surface area contributed by atoms with Crippen LogP contribution < -0.4 is 10.0 Å². The van der Waals surface area contributed by atoms with Gasteiger partial charge in [-0.3, -0.25) is 10.0 Å². The maximum absolute atomic E-state index is 11.8. The zero-order chi connectivity index (χ0) is 16.5. The van der Waals surface area contributed by atoms with Crippen LogP contribution in [-0.2, 0) is 4.74 Å². The van der Waals surface area contributed by atoms with Crippen LogP contribution in [0, 0.1) is 0 Å². The fourth-order valence-corrected chi connectivity index (χ4v) is 2.30. The maximum Gasteiger partial charge on any atom is 0.347 e. The van der Waals surface area contributed by atoms with E-state index in [2.05, 4.69) is 15.0 Å². The first-order chi connectivity index (χ1) is 10.4. The van der Waals surface area contributed by atoms with Crippen LogP contribution in [0.1, 0.15) is 46.0 Å². The molecule has 0 heterocycles. The van der Waals surface area contributed by atoms with Gasteiger partial charge in [-0.25, -0.2) is 9.59 Å². The summed E-state index contributed by atoms with van der Waals surface area (Å²) in [4.78, 5) is 28.7. The third-order valence-electron chi connectivity index (χ3n) is 3.02. The molecule has 22 heavy (non-hydrogen) atoms. The molecule has 0 spiro atoms. The summed E-state index contributed by atoms with van der Waals surface area (Å²) >= 11 is 1.28. The van der Waals surface area contributed by atoms with Gasteiger partial charge in [0.15, 0.2) is 0 Å². The number of rotatable bonds is 3. The molecule has 1 saturated carbocycles. The van der Waals surface area contributed by atoms with Crippen LogP contribution in [0.5, 0.6) is 0 Å². The van der Waals surface area contributed by atoms with Gasteiger partial charge < -0.3 is 9.64 Å². The standard InChI is InChI=1S/C14H26N4O3S/c1-10(2)22-17-12(19)15-13(16-14(20)18(3)4)21-11-8-6-5-7-9-11/h10-11H,5-9H2,1-4H3,(H2,15,16,17,19,20). The van der Waals surface area contributed by atoms with Crippen molar-refractivity contribution in [1.29, 1.82) is 0 Å². The van der Waals surface area contributed by atoms with E-state index < -0.39 is 12.1 Å². The van der Waals surface area contributed by atoms with Crippen LogP contribution in [0.3, 0.4) is 0 Å². The molecule has 1 aliphatic rings. The topological polar surface area (TPSA) is 83.0 Å². The minimum absolute atomic E-state index is 0.000476. The molecule has 0 aliphatic heterocycles. The van der Waals surface area contributed by atoms with Crippen LogP contribution in [0.4, 0.5) is 9.59 Å². The lowest BCUT2D eigenvalue weighted by Crippen LogP contribution is -2.41. The van der Waals surface area contributed by atoms with E-state index in [9.17, 15) is 9.59 Å². The van der Waals surface area contributed by atoms with Crippen LogP contribution in [-0.4, -0.2) is 48.4 Å². The second-order valence-corrected chi connectivity index (χ2v) is 7.08. The molecule has 1 rings (SSSR count). The van der Waals surface area contributed by atoms with E-state index in [1.807, 2.05) is 13.8 Å². The van der Waals surface area contributed by atoms with Crippen LogP contribution in [0.25, 0.3) is 0 Å². The monoisotopic (exact) mass is 330 g/mol. The molecule has 0 aromatic rings. The first-order valence-corrected chi connectivity index (χ1v) is 8.45. The molecule has 4 amide bonds. The Balaban J connectivity index is 2.64. The van der Waals surface area contributed by atoms with Crippen LogP contribution in [0.2, 0.25) is 0 Å². The molecule has 0 saturated heterocycles. The normalized spacial score (nSPS) is 16.3. The Bertz CT molecular complexity index is 407. The Morgan fingerprint density at radius 1 is 1.23 bits per heavy atom. The fourth-order valence-electron chi connectivity index (χ4n) is 1.91. The number of hydrogen-bond donors (Lipinski definition) is 2. The van der Waals surface area contributed by atoms with E-state index in [1.165, 1.54) is 23.3 Å². The lowest BCUT2D eigenvalue weighted by molar-refractivity contribution is 0.135. The predicted molar refractivity (Wildman–Crippen MR) is 88.9 cm³/mol. The molecule has 126 valence electrons. The van der Waals surface area contributed by atoms with E-state index in [1.54, 1.807) is 14.1 Å². The van der Waals surface area contributed by atoms with Gasteiger partial charge in [0.25, 0.3) is 0 Å². The molecule has 0 aromatic carbocycles. The average Bonchev–Trinajstić information content (AvgIpc) is 2.46. The Morgan fingerprint density at radius 3 is 2.41 bits per heavy atom. The number of hydrogen-bond acceptors (Lipinski definition) is 4. The Morgan fingerprint density at radius 2 is 1.86 bits per heavy atom. The summed E-state index contributed by atoms with van der Waals surface area (Å²) in [7, 11) is 3.19. The van der Waals surface area contributed by atoms with Gasteiger partial charge in [-0.1, -0.05) is 20.3 Å². The summed E-state index contributed by atoms with van der Waals surface area (Å²) in [6, 6.07) is -0.949. The van der Waals surface area contributed by atoms with Crippen molar-refractivity contribution < 1.29 is 14.3 Å². The lowest BCUT2D eigenvalue weighted by Gasteiger charge is -2.23. The number of aliphatic imine (C=N–C) groups is 1. The summed E-state index contributed by atoms with van der Waals surface area (Å²) in [5, 5.41) is 2.77. The van der Waals surface area contributed by atoms with E-state index in [0.29, 0.717) is 0 Å². The van der Waals surface area contributed by atoms with Gasteiger partial charge in [0.05, 0.1) is 0 Å². The van der Waals surface area contributed by atoms with Crippen molar-refractivity contribution in [2.75, 3.05) is 14.1 Å².